The summed E-state index contributed by atoms with van der Waals surface area (Å²) in [5, 5.41) is 5.38. The topological polar surface area (TPSA) is 76.7 Å². The zero-order valence-corrected chi connectivity index (χ0v) is 19.8. The molecule has 1 atom stereocenters. The quantitative estimate of drug-likeness (QED) is 0.365. The van der Waals surface area contributed by atoms with Gasteiger partial charge in [0.1, 0.15) is 16.7 Å². The van der Waals surface area contributed by atoms with E-state index in [1.54, 1.807) is 32.4 Å². The fourth-order valence-corrected chi connectivity index (χ4v) is 4.32. The molecule has 0 aliphatic carbocycles. The molecule has 0 fully saturated rings. The normalized spacial score (nSPS) is 11.4. The Labute approximate surface area is 198 Å². The number of thioether (sulfide) groups is 1. The molecule has 0 bridgehead atoms. The Balaban J connectivity index is 1.85. The van der Waals surface area contributed by atoms with Crippen molar-refractivity contribution in [1.82, 2.24) is 0 Å². The van der Waals surface area contributed by atoms with Crippen molar-refractivity contribution < 1.29 is 19.1 Å². The molecular formula is C26H28N2O4S. The van der Waals surface area contributed by atoms with E-state index in [0.29, 0.717) is 29.3 Å². The van der Waals surface area contributed by atoms with Gasteiger partial charge in [-0.25, -0.2) is 0 Å². The first-order chi connectivity index (χ1) is 16.0. The fraction of sp³-hybridized carbons (Fsp3) is 0.231. The van der Waals surface area contributed by atoms with Crippen LogP contribution in [0.1, 0.15) is 30.6 Å². The van der Waals surface area contributed by atoms with Crippen LogP contribution in [0.5, 0.6) is 11.5 Å². The Morgan fingerprint density at radius 3 is 2.39 bits per heavy atom. The number of carbonyl (C=O) groups excluding carboxylic acids is 2. The Kier molecular flexibility index (Phi) is 8.78. The van der Waals surface area contributed by atoms with Crippen LogP contribution in [0.4, 0.5) is 11.4 Å². The molecule has 6 nitrogen and oxygen atoms in total. The van der Waals surface area contributed by atoms with Gasteiger partial charge in [-0.05, 0) is 42.3 Å². The number of anilines is 2. The van der Waals surface area contributed by atoms with Crippen LogP contribution in [-0.2, 0) is 9.59 Å². The van der Waals surface area contributed by atoms with Gasteiger partial charge in [-0.3, -0.25) is 9.59 Å². The summed E-state index contributed by atoms with van der Waals surface area (Å²) < 4.78 is 10.7. The third kappa shape index (κ3) is 6.76. The molecule has 3 aromatic rings. The highest BCUT2D eigenvalue weighted by Gasteiger charge is 2.23. The van der Waals surface area contributed by atoms with Crippen molar-refractivity contribution in [2.75, 3.05) is 24.9 Å². The molecule has 0 saturated carbocycles. The molecule has 3 rings (SSSR count). The number of amides is 2. The maximum absolute atomic E-state index is 13.4. The number of hydrogen-bond acceptors (Lipinski definition) is 5. The van der Waals surface area contributed by atoms with Crippen molar-refractivity contribution >= 4 is 35.0 Å². The van der Waals surface area contributed by atoms with E-state index in [4.69, 9.17) is 9.47 Å². The van der Waals surface area contributed by atoms with Crippen molar-refractivity contribution in [2.45, 2.75) is 29.9 Å². The second-order valence-electron chi connectivity index (χ2n) is 7.29. The monoisotopic (exact) mass is 464 g/mol. The molecule has 7 heteroatoms. The van der Waals surface area contributed by atoms with Gasteiger partial charge in [0.15, 0.2) is 0 Å². The van der Waals surface area contributed by atoms with E-state index in [1.807, 2.05) is 61.5 Å². The van der Waals surface area contributed by atoms with Gasteiger partial charge in [0.25, 0.3) is 0 Å². The Hall–Kier alpha value is -3.45. The lowest BCUT2D eigenvalue weighted by molar-refractivity contribution is -0.116. The Bertz CT molecular complexity index is 1090. The van der Waals surface area contributed by atoms with Crippen LogP contribution in [0.15, 0.2) is 77.7 Å². The minimum absolute atomic E-state index is 0.0244. The lowest BCUT2D eigenvalue weighted by Gasteiger charge is -2.19. The molecule has 0 aliphatic rings. The Morgan fingerprint density at radius 2 is 1.70 bits per heavy atom. The van der Waals surface area contributed by atoms with Gasteiger partial charge in [-0.15, -0.1) is 11.8 Å². The summed E-state index contributed by atoms with van der Waals surface area (Å²) >= 11 is 1.42. The van der Waals surface area contributed by atoms with Crippen molar-refractivity contribution in [3.63, 3.8) is 0 Å². The second kappa shape index (κ2) is 12.0. The molecule has 0 aliphatic heterocycles. The maximum Gasteiger partial charge on any atom is 0.242 e. The molecule has 1 unspecified atom stereocenters. The third-order valence-electron chi connectivity index (χ3n) is 4.86. The summed E-state index contributed by atoms with van der Waals surface area (Å²) in [6.07, 6.45) is 1.25. The molecule has 3 aromatic carbocycles. The zero-order valence-electron chi connectivity index (χ0n) is 19.0. The number of benzene rings is 3. The molecule has 2 amide bonds. The van der Waals surface area contributed by atoms with Crippen molar-refractivity contribution in [3.8, 4) is 11.5 Å². The average Bonchev–Trinajstić information content (AvgIpc) is 2.83. The lowest BCUT2D eigenvalue weighted by Crippen LogP contribution is -2.19. The molecule has 0 saturated heterocycles. The van der Waals surface area contributed by atoms with Gasteiger partial charge in [-0.2, -0.15) is 0 Å². The molecule has 33 heavy (non-hydrogen) atoms. The summed E-state index contributed by atoms with van der Waals surface area (Å²) in [6, 6.07) is 22.4. The van der Waals surface area contributed by atoms with Gasteiger partial charge in [0, 0.05) is 23.1 Å². The third-order valence-corrected chi connectivity index (χ3v) is 6.10. The summed E-state index contributed by atoms with van der Waals surface area (Å²) in [5.41, 5.74) is 2.14. The van der Waals surface area contributed by atoms with Crippen molar-refractivity contribution in [1.29, 1.82) is 0 Å². The largest absolute Gasteiger partial charge is 0.497 e. The summed E-state index contributed by atoms with van der Waals surface area (Å²) in [7, 11) is 3.13. The van der Waals surface area contributed by atoms with Crippen LogP contribution in [0.2, 0.25) is 0 Å². The van der Waals surface area contributed by atoms with Crippen molar-refractivity contribution in [3.05, 3.63) is 78.4 Å². The van der Waals surface area contributed by atoms with E-state index in [-0.39, 0.29) is 11.8 Å². The number of methoxy groups -OCH3 is 2. The summed E-state index contributed by atoms with van der Waals surface area (Å²) in [5.74, 6) is 0.944. The van der Waals surface area contributed by atoms with Crippen LogP contribution >= 0.6 is 11.8 Å². The van der Waals surface area contributed by atoms with E-state index < -0.39 is 5.25 Å². The highest BCUT2D eigenvalue weighted by Crippen LogP contribution is 2.38. The SMILES string of the molecule is CCCC(=O)Nc1cccc(SC(C(=O)Nc2ccc(OC)cc2OC)c2ccccc2)c1. The Morgan fingerprint density at radius 1 is 0.909 bits per heavy atom. The maximum atomic E-state index is 13.4. The van der Waals surface area contributed by atoms with E-state index in [2.05, 4.69) is 10.6 Å². The first-order valence-corrected chi connectivity index (χ1v) is 11.6. The predicted molar refractivity (Wildman–Crippen MR) is 133 cm³/mol. The minimum atomic E-state index is -0.514. The molecular weight excluding hydrogens is 436 g/mol. The van der Waals surface area contributed by atoms with Gasteiger partial charge in [0.2, 0.25) is 11.8 Å². The highest BCUT2D eigenvalue weighted by molar-refractivity contribution is 8.00. The minimum Gasteiger partial charge on any atom is -0.497 e. The lowest BCUT2D eigenvalue weighted by atomic mass is 10.1. The molecule has 0 radical (unpaired) electrons. The van der Waals surface area contributed by atoms with Crippen LogP contribution in [0.25, 0.3) is 0 Å². The summed E-state index contributed by atoms with van der Waals surface area (Å²) in [4.78, 5) is 26.3. The molecule has 0 spiro atoms. The van der Waals surface area contributed by atoms with Gasteiger partial charge in [-0.1, -0.05) is 43.3 Å². The van der Waals surface area contributed by atoms with Crippen LogP contribution < -0.4 is 20.1 Å². The zero-order chi connectivity index (χ0) is 23.6. The molecule has 0 heterocycles. The number of ether oxygens (including phenoxy) is 2. The first kappa shape index (κ1) is 24.2. The fourth-order valence-electron chi connectivity index (χ4n) is 3.23. The summed E-state index contributed by atoms with van der Waals surface area (Å²) in [6.45, 7) is 1.97. The molecule has 0 aromatic heterocycles. The molecule has 2 N–H and O–H groups in total. The number of hydrogen-bond donors (Lipinski definition) is 2. The van der Waals surface area contributed by atoms with E-state index >= 15 is 0 Å². The highest BCUT2D eigenvalue weighted by atomic mass is 32.2. The number of carbonyl (C=O) groups is 2. The average molecular weight is 465 g/mol. The van der Waals surface area contributed by atoms with Gasteiger partial charge in [0.05, 0.1) is 19.9 Å². The van der Waals surface area contributed by atoms with Gasteiger partial charge >= 0.3 is 0 Å². The van der Waals surface area contributed by atoms with E-state index in [1.165, 1.54) is 11.8 Å². The number of nitrogens with one attached hydrogen (secondary N) is 2. The smallest absolute Gasteiger partial charge is 0.242 e. The van der Waals surface area contributed by atoms with E-state index in [9.17, 15) is 9.59 Å². The standard InChI is InChI=1S/C26H28N2O4S/c1-4-9-24(29)27-19-12-8-13-21(16-19)33-25(18-10-6-5-7-11-18)26(30)28-22-15-14-20(31-2)17-23(22)32-3/h5-8,10-17,25H,4,9H2,1-3H3,(H,27,29)(H,28,30). The number of rotatable bonds is 10. The second-order valence-corrected chi connectivity index (χ2v) is 8.47. The van der Waals surface area contributed by atoms with E-state index in [0.717, 1.165) is 16.9 Å². The van der Waals surface area contributed by atoms with Crippen LogP contribution in [0.3, 0.4) is 0 Å². The van der Waals surface area contributed by atoms with Crippen LogP contribution in [-0.4, -0.2) is 26.0 Å². The van der Waals surface area contributed by atoms with Crippen LogP contribution in [0, 0.1) is 0 Å². The predicted octanol–water partition coefficient (Wildman–Crippen LogP) is 5.91. The van der Waals surface area contributed by atoms with Gasteiger partial charge < -0.3 is 20.1 Å². The molecule has 172 valence electrons. The first-order valence-electron chi connectivity index (χ1n) is 10.7. The van der Waals surface area contributed by atoms with Crippen molar-refractivity contribution in [2.24, 2.45) is 0 Å².